The van der Waals surface area contributed by atoms with E-state index < -0.39 is 0 Å². The van der Waals surface area contributed by atoms with Gasteiger partial charge in [0.15, 0.2) is 0 Å². The van der Waals surface area contributed by atoms with E-state index in [0.29, 0.717) is 11.3 Å². The van der Waals surface area contributed by atoms with E-state index in [9.17, 15) is 9.59 Å². The molecule has 2 aromatic heterocycles. The highest BCUT2D eigenvalue weighted by Gasteiger charge is 2.05. The molecular weight excluding hydrogens is 210 g/mol. The number of aromatic nitrogens is 2. The molecule has 2 rings (SSSR count). The molecule has 0 spiro atoms. The van der Waals surface area contributed by atoms with Crippen molar-refractivity contribution < 1.29 is 9.32 Å². The number of hydrogen-bond acceptors (Lipinski definition) is 4. The number of pyridine rings is 1. The Morgan fingerprint density at radius 1 is 1.44 bits per heavy atom. The van der Waals surface area contributed by atoms with E-state index in [4.69, 9.17) is 0 Å². The number of carbonyl (C=O) groups excluding carboxylic acids is 1. The molecule has 6 nitrogen and oxygen atoms in total. The van der Waals surface area contributed by atoms with E-state index in [0.717, 1.165) is 0 Å². The topological polar surface area (TPSA) is 88.0 Å². The van der Waals surface area contributed by atoms with Gasteiger partial charge in [0.1, 0.15) is 12.0 Å². The van der Waals surface area contributed by atoms with Gasteiger partial charge in [-0.05, 0) is 6.07 Å². The third-order valence-corrected chi connectivity index (χ3v) is 1.97. The number of nitrogens with zero attached hydrogens (tertiary/aromatic N) is 1. The summed E-state index contributed by atoms with van der Waals surface area (Å²) in [6, 6.07) is 4.41. The van der Waals surface area contributed by atoms with Crippen LogP contribution in [0.4, 0.5) is 0 Å². The van der Waals surface area contributed by atoms with Gasteiger partial charge in [0.2, 0.25) is 5.56 Å². The molecule has 16 heavy (non-hydrogen) atoms. The summed E-state index contributed by atoms with van der Waals surface area (Å²) in [5, 5.41) is 6.29. The van der Waals surface area contributed by atoms with Gasteiger partial charge in [-0.25, -0.2) is 0 Å². The van der Waals surface area contributed by atoms with Crippen LogP contribution in [0.1, 0.15) is 16.1 Å². The minimum Gasteiger partial charge on any atom is -0.364 e. The maximum atomic E-state index is 11.6. The van der Waals surface area contributed by atoms with Gasteiger partial charge in [-0.2, -0.15) is 0 Å². The number of hydrogen-bond donors (Lipinski definition) is 2. The molecule has 2 heterocycles. The SMILES string of the molecule is O=C(NCc1ccon1)c1ccc(=O)[nH]c1. The highest BCUT2D eigenvalue weighted by Crippen LogP contribution is 1.96. The predicted molar refractivity (Wildman–Crippen MR) is 54.7 cm³/mol. The Bertz CT molecular complexity index is 510. The Kier molecular flexibility index (Phi) is 2.81. The van der Waals surface area contributed by atoms with Crippen molar-refractivity contribution in [1.82, 2.24) is 15.5 Å². The second-order valence-corrected chi connectivity index (χ2v) is 3.12. The number of nitrogens with one attached hydrogen (secondary N) is 2. The van der Waals surface area contributed by atoms with Gasteiger partial charge in [-0.15, -0.1) is 0 Å². The fourth-order valence-electron chi connectivity index (χ4n) is 1.15. The first-order chi connectivity index (χ1) is 7.75. The van der Waals surface area contributed by atoms with E-state index in [1.807, 2.05) is 0 Å². The van der Waals surface area contributed by atoms with Crippen LogP contribution in [0.25, 0.3) is 0 Å². The van der Waals surface area contributed by atoms with Crippen molar-refractivity contribution in [3.8, 4) is 0 Å². The minimum atomic E-state index is -0.278. The van der Waals surface area contributed by atoms with Crippen LogP contribution in [-0.4, -0.2) is 16.0 Å². The molecule has 0 unspecified atom stereocenters. The predicted octanol–water partition coefficient (Wildman–Crippen LogP) is 0.293. The first kappa shape index (κ1) is 10.2. The average Bonchev–Trinajstić information content (AvgIpc) is 2.80. The summed E-state index contributed by atoms with van der Waals surface area (Å²) >= 11 is 0. The molecule has 2 aromatic rings. The quantitative estimate of drug-likeness (QED) is 0.776. The summed E-state index contributed by atoms with van der Waals surface area (Å²) in [7, 11) is 0. The summed E-state index contributed by atoms with van der Waals surface area (Å²) in [6.07, 6.45) is 2.79. The molecule has 0 aliphatic rings. The monoisotopic (exact) mass is 219 g/mol. The highest BCUT2D eigenvalue weighted by molar-refractivity contribution is 5.93. The van der Waals surface area contributed by atoms with E-state index in [1.165, 1.54) is 24.6 Å². The van der Waals surface area contributed by atoms with Gasteiger partial charge in [-0.1, -0.05) is 5.16 Å². The van der Waals surface area contributed by atoms with Gasteiger partial charge in [0, 0.05) is 18.3 Å². The smallest absolute Gasteiger partial charge is 0.253 e. The van der Waals surface area contributed by atoms with Crippen LogP contribution in [0.2, 0.25) is 0 Å². The fourth-order valence-corrected chi connectivity index (χ4v) is 1.15. The Morgan fingerprint density at radius 3 is 2.94 bits per heavy atom. The molecule has 0 radical (unpaired) electrons. The third kappa shape index (κ3) is 2.35. The van der Waals surface area contributed by atoms with E-state index in [1.54, 1.807) is 6.07 Å². The maximum Gasteiger partial charge on any atom is 0.253 e. The van der Waals surface area contributed by atoms with Crippen LogP contribution in [-0.2, 0) is 6.54 Å². The molecule has 0 atom stereocenters. The lowest BCUT2D eigenvalue weighted by molar-refractivity contribution is 0.0949. The van der Waals surface area contributed by atoms with Crippen molar-refractivity contribution >= 4 is 5.91 Å². The molecule has 0 aliphatic heterocycles. The Hall–Kier alpha value is -2.37. The van der Waals surface area contributed by atoms with Crippen molar-refractivity contribution in [3.63, 3.8) is 0 Å². The molecule has 0 aliphatic carbocycles. The molecular formula is C10H9N3O3. The van der Waals surface area contributed by atoms with Gasteiger partial charge >= 0.3 is 0 Å². The van der Waals surface area contributed by atoms with Crippen molar-refractivity contribution in [2.75, 3.05) is 0 Å². The number of aromatic amines is 1. The van der Waals surface area contributed by atoms with Crippen LogP contribution in [0.5, 0.6) is 0 Å². The third-order valence-electron chi connectivity index (χ3n) is 1.97. The zero-order chi connectivity index (χ0) is 11.4. The maximum absolute atomic E-state index is 11.6. The standard InChI is InChI=1S/C10H9N3O3/c14-9-2-1-7(5-11-9)10(15)12-6-8-3-4-16-13-8/h1-5H,6H2,(H,11,14)(H,12,15). The Balaban J connectivity index is 1.98. The minimum absolute atomic E-state index is 0.243. The van der Waals surface area contributed by atoms with Crippen LogP contribution >= 0.6 is 0 Å². The summed E-state index contributed by atoms with van der Waals surface area (Å²) in [5.74, 6) is -0.278. The lowest BCUT2D eigenvalue weighted by Crippen LogP contribution is -2.23. The molecule has 82 valence electrons. The van der Waals surface area contributed by atoms with Crippen LogP contribution in [0.3, 0.4) is 0 Å². The molecule has 0 bridgehead atoms. The second kappa shape index (κ2) is 4.43. The normalized spacial score (nSPS) is 10.0. The Labute approximate surface area is 90.3 Å². The van der Waals surface area contributed by atoms with Crippen molar-refractivity contribution in [1.29, 1.82) is 0 Å². The Morgan fingerprint density at radius 2 is 2.31 bits per heavy atom. The van der Waals surface area contributed by atoms with Crippen molar-refractivity contribution in [3.05, 3.63) is 52.3 Å². The molecule has 1 amide bonds. The van der Waals surface area contributed by atoms with Crippen molar-refractivity contribution in [2.24, 2.45) is 0 Å². The van der Waals surface area contributed by atoms with E-state index in [2.05, 4.69) is 20.0 Å². The van der Waals surface area contributed by atoms with Crippen molar-refractivity contribution in [2.45, 2.75) is 6.54 Å². The number of rotatable bonds is 3. The second-order valence-electron chi connectivity index (χ2n) is 3.12. The van der Waals surface area contributed by atoms with E-state index >= 15 is 0 Å². The molecule has 0 saturated heterocycles. The average molecular weight is 219 g/mol. The zero-order valence-corrected chi connectivity index (χ0v) is 8.27. The number of amides is 1. The highest BCUT2D eigenvalue weighted by atomic mass is 16.5. The largest absolute Gasteiger partial charge is 0.364 e. The zero-order valence-electron chi connectivity index (χ0n) is 8.27. The molecule has 0 saturated carbocycles. The fraction of sp³-hybridized carbons (Fsp3) is 0.100. The summed E-state index contributed by atoms with van der Waals surface area (Å²) in [4.78, 5) is 24.8. The van der Waals surface area contributed by atoms with Crippen LogP contribution in [0.15, 0.2) is 40.0 Å². The van der Waals surface area contributed by atoms with Gasteiger partial charge in [0.25, 0.3) is 5.91 Å². The van der Waals surface area contributed by atoms with Crippen LogP contribution < -0.4 is 10.9 Å². The molecule has 0 aromatic carbocycles. The molecule has 6 heteroatoms. The molecule has 2 N–H and O–H groups in total. The summed E-state index contributed by atoms with van der Waals surface area (Å²) in [5.41, 5.74) is 0.786. The lowest BCUT2D eigenvalue weighted by Gasteiger charge is -2.01. The number of H-pyrrole nitrogens is 1. The van der Waals surface area contributed by atoms with E-state index in [-0.39, 0.29) is 18.0 Å². The summed E-state index contributed by atoms with van der Waals surface area (Å²) in [6.45, 7) is 0.286. The van der Waals surface area contributed by atoms with Gasteiger partial charge in [0.05, 0.1) is 12.1 Å². The van der Waals surface area contributed by atoms with Crippen LogP contribution in [0, 0.1) is 0 Å². The van der Waals surface area contributed by atoms with Gasteiger partial charge in [-0.3, -0.25) is 9.59 Å². The number of carbonyl (C=O) groups is 1. The lowest BCUT2D eigenvalue weighted by atomic mass is 10.2. The first-order valence-electron chi connectivity index (χ1n) is 4.62. The summed E-state index contributed by atoms with van der Waals surface area (Å²) < 4.78 is 4.62. The van der Waals surface area contributed by atoms with Gasteiger partial charge < -0.3 is 14.8 Å². The first-order valence-corrected chi connectivity index (χ1v) is 4.62. The molecule has 0 fully saturated rings.